The first kappa shape index (κ1) is 38.8. The molecule has 0 aliphatic carbocycles. The zero-order valence-electron chi connectivity index (χ0n) is 33.2. The number of carbonyl (C=O) groups excluding carboxylic acids is 3. The van der Waals surface area contributed by atoms with Crippen molar-refractivity contribution in [1.29, 1.82) is 0 Å². The van der Waals surface area contributed by atoms with Crippen LogP contribution in [0.2, 0.25) is 0 Å². The number of rotatable bonds is 12. The number of ether oxygens (including phenoxy) is 1. The van der Waals surface area contributed by atoms with Gasteiger partial charge in [0.15, 0.2) is 12.1 Å². The first-order valence-corrected chi connectivity index (χ1v) is 20.2. The van der Waals surface area contributed by atoms with Crippen LogP contribution in [0.5, 0.6) is 0 Å². The number of aldehydes is 1. The quantitative estimate of drug-likeness (QED) is 0.156. The molecule has 0 bridgehead atoms. The molecular formula is C41H52FN11O4. The molecule has 0 spiro atoms. The highest BCUT2D eigenvalue weighted by Crippen LogP contribution is 2.34. The van der Waals surface area contributed by atoms with E-state index in [0.29, 0.717) is 66.5 Å². The Kier molecular flexibility index (Phi) is 11.2. The lowest BCUT2D eigenvalue weighted by molar-refractivity contribution is -0.131. The fraction of sp³-hybridized carbons (Fsp3) is 0.537. The summed E-state index contributed by atoms with van der Waals surface area (Å²) in [6.07, 6.45) is 9.01. The molecular weight excluding hydrogens is 730 g/mol. The van der Waals surface area contributed by atoms with Crippen LogP contribution in [-0.2, 0) is 27.4 Å². The minimum atomic E-state index is -0.518. The van der Waals surface area contributed by atoms with E-state index in [2.05, 4.69) is 48.8 Å². The number of benzene rings is 1. The Hall–Kier alpha value is -5.06. The number of methoxy groups -OCH3 is 1. The predicted molar refractivity (Wildman–Crippen MR) is 214 cm³/mol. The van der Waals surface area contributed by atoms with Crippen LogP contribution < -0.4 is 20.4 Å². The van der Waals surface area contributed by atoms with Gasteiger partial charge in [0.25, 0.3) is 5.91 Å². The Balaban J connectivity index is 0.896. The lowest BCUT2D eigenvalue weighted by Gasteiger charge is -2.37. The molecule has 0 radical (unpaired) electrons. The minimum Gasteiger partial charge on any atom is -0.381 e. The molecule has 0 saturated carbocycles. The highest BCUT2D eigenvalue weighted by Gasteiger charge is 2.38. The SMILES string of the molecule is COC1CCN(c2nccc(Nc3cc4c(cn3)c(N3CCC(N(C)Cc5ccc6c(c5F)CN(C5CCC(C(=O)C=O)NC5)C6=O)CC3)nn4C(C)C)n2)CC1. The third-order valence-corrected chi connectivity index (χ3v) is 12.3. The van der Waals surface area contributed by atoms with Gasteiger partial charge in [-0.2, -0.15) is 10.1 Å². The Morgan fingerprint density at radius 1 is 1.05 bits per heavy atom. The zero-order chi connectivity index (χ0) is 39.8. The van der Waals surface area contributed by atoms with Crippen LogP contribution in [0.25, 0.3) is 10.9 Å². The summed E-state index contributed by atoms with van der Waals surface area (Å²) < 4.78 is 23.6. The summed E-state index contributed by atoms with van der Waals surface area (Å²) in [5.41, 5.74) is 2.41. The number of pyridine rings is 1. The van der Waals surface area contributed by atoms with Crippen molar-refractivity contribution < 1.29 is 23.5 Å². The lowest BCUT2D eigenvalue weighted by Crippen LogP contribution is -2.52. The smallest absolute Gasteiger partial charge is 0.254 e. The molecule has 2 unspecified atom stereocenters. The Morgan fingerprint density at radius 2 is 1.82 bits per heavy atom. The normalized spacial score (nSPS) is 20.9. The average Bonchev–Trinajstić information content (AvgIpc) is 3.79. The Bertz CT molecular complexity index is 2120. The number of carbonyl (C=O) groups is 3. The molecule has 3 aromatic heterocycles. The van der Waals surface area contributed by atoms with Crippen molar-refractivity contribution in [2.75, 3.05) is 62.0 Å². The van der Waals surface area contributed by atoms with Gasteiger partial charge in [0.1, 0.15) is 17.5 Å². The van der Waals surface area contributed by atoms with Gasteiger partial charge in [-0.15, -0.1) is 0 Å². The summed E-state index contributed by atoms with van der Waals surface area (Å²) in [5, 5.41) is 12.6. The van der Waals surface area contributed by atoms with E-state index in [1.54, 1.807) is 30.3 Å². The molecule has 3 fully saturated rings. The first-order valence-electron chi connectivity index (χ1n) is 20.2. The van der Waals surface area contributed by atoms with E-state index >= 15 is 4.39 Å². The highest BCUT2D eigenvalue weighted by atomic mass is 19.1. The summed E-state index contributed by atoms with van der Waals surface area (Å²) in [5.74, 6) is 1.99. The van der Waals surface area contributed by atoms with E-state index < -0.39 is 11.8 Å². The number of fused-ring (bicyclic) bond motifs is 2. The Labute approximate surface area is 331 Å². The summed E-state index contributed by atoms with van der Waals surface area (Å²) in [6.45, 7) is 8.59. The van der Waals surface area contributed by atoms with E-state index in [1.807, 2.05) is 25.4 Å². The van der Waals surface area contributed by atoms with Crippen LogP contribution in [0.3, 0.4) is 0 Å². The molecule has 4 aromatic rings. The maximum Gasteiger partial charge on any atom is 0.254 e. The molecule has 3 saturated heterocycles. The van der Waals surface area contributed by atoms with Crippen LogP contribution in [-0.4, -0.2) is 124 Å². The van der Waals surface area contributed by atoms with E-state index in [0.717, 1.165) is 68.6 Å². The maximum absolute atomic E-state index is 16.1. The fourth-order valence-electron chi connectivity index (χ4n) is 8.89. The van der Waals surface area contributed by atoms with Gasteiger partial charge in [0, 0.05) is 99.7 Å². The third kappa shape index (κ3) is 7.82. The van der Waals surface area contributed by atoms with Crippen molar-refractivity contribution in [2.24, 2.45) is 0 Å². The number of halogens is 1. The number of ketones is 1. The van der Waals surface area contributed by atoms with Gasteiger partial charge in [0.05, 0.1) is 29.6 Å². The molecule has 4 aliphatic rings. The summed E-state index contributed by atoms with van der Waals surface area (Å²) >= 11 is 0. The topological polar surface area (TPSA) is 154 Å². The molecule has 57 heavy (non-hydrogen) atoms. The van der Waals surface area contributed by atoms with Gasteiger partial charge in [0.2, 0.25) is 11.7 Å². The second-order valence-electron chi connectivity index (χ2n) is 16.1. The van der Waals surface area contributed by atoms with Crippen molar-refractivity contribution in [3.63, 3.8) is 0 Å². The number of hydrogen-bond acceptors (Lipinski definition) is 13. The number of Topliss-reactive ketones (excluding diaryl/α,β-unsaturated/α-hetero) is 1. The standard InChI is InChI=1S/C41H52FN11O4/c1-25(2)53-34-19-37(46-36-9-14-43-41(47-36)51-17-12-29(57-4)13-18-51)45-21-31(34)39(48-53)50-15-10-27(11-16-50)49(3)22-26-5-7-30-32(38(26)42)23-52(40(30)56)28-6-8-33(44-20-28)35(55)24-54/h5,7,9,14,19,21,24-25,27-29,33,44H,6,8,10-13,15-18,20,22-23H2,1-4H3,(H,43,45,46,47). The van der Waals surface area contributed by atoms with Crippen molar-refractivity contribution in [1.82, 2.24) is 39.8 Å². The Morgan fingerprint density at radius 3 is 2.53 bits per heavy atom. The number of anilines is 4. The van der Waals surface area contributed by atoms with Crippen molar-refractivity contribution in [2.45, 2.75) is 95.7 Å². The van der Waals surface area contributed by atoms with Gasteiger partial charge in [-0.1, -0.05) is 6.07 Å². The number of nitrogens with one attached hydrogen (secondary N) is 2. The molecule has 2 atom stereocenters. The number of amides is 1. The van der Waals surface area contributed by atoms with Crippen molar-refractivity contribution in [3.05, 3.63) is 59.2 Å². The molecule has 16 heteroatoms. The predicted octanol–water partition coefficient (Wildman–Crippen LogP) is 4.25. The molecule has 4 aliphatic heterocycles. The van der Waals surface area contributed by atoms with Crippen LogP contribution in [0, 0.1) is 5.82 Å². The summed E-state index contributed by atoms with van der Waals surface area (Å²) in [4.78, 5) is 58.6. The van der Waals surface area contributed by atoms with Crippen LogP contribution >= 0.6 is 0 Å². The monoisotopic (exact) mass is 781 g/mol. The second kappa shape index (κ2) is 16.4. The molecule has 7 heterocycles. The fourth-order valence-corrected chi connectivity index (χ4v) is 8.89. The number of nitrogens with zero attached hydrogens (tertiary/aromatic N) is 9. The van der Waals surface area contributed by atoms with Crippen LogP contribution in [0.4, 0.5) is 27.8 Å². The molecule has 15 nitrogen and oxygen atoms in total. The van der Waals surface area contributed by atoms with E-state index in [-0.39, 0.29) is 42.5 Å². The molecule has 1 amide bonds. The molecule has 302 valence electrons. The third-order valence-electron chi connectivity index (χ3n) is 12.3. The molecule has 2 N–H and O–H groups in total. The van der Waals surface area contributed by atoms with Gasteiger partial charge < -0.3 is 30.1 Å². The van der Waals surface area contributed by atoms with Gasteiger partial charge in [-0.25, -0.2) is 14.4 Å². The second-order valence-corrected chi connectivity index (χ2v) is 16.1. The summed E-state index contributed by atoms with van der Waals surface area (Å²) in [7, 11) is 3.81. The van der Waals surface area contributed by atoms with Gasteiger partial charge in [-0.3, -0.25) is 24.0 Å². The number of hydrogen-bond donors (Lipinski definition) is 2. The minimum absolute atomic E-state index is 0.135. The largest absolute Gasteiger partial charge is 0.381 e. The van der Waals surface area contributed by atoms with Gasteiger partial charge >= 0.3 is 0 Å². The van der Waals surface area contributed by atoms with E-state index in [1.165, 1.54) is 0 Å². The van der Waals surface area contributed by atoms with Crippen LogP contribution in [0.15, 0.2) is 36.7 Å². The van der Waals surface area contributed by atoms with Crippen molar-refractivity contribution in [3.8, 4) is 0 Å². The van der Waals surface area contributed by atoms with E-state index in [4.69, 9.17) is 19.8 Å². The van der Waals surface area contributed by atoms with Crippen LogP contribution in [0.1, 0.15) is 79.9 Å². The zero-order valence-corrected chi connectivity index (χ0v) is 33.2. The number of piperidine rings is 3. The first-order chi connectivity index (χ1) is 27.6. The van der Waals surface area contributed by atoms with Crippen molar-refractivity contribution >= 4 is 52.3 Å². The average molecular weight is 782 g/mol. The molecule has 8 rings (SSSR count). The van der Waals surface area contributed by atoms with E-state index in [9.17, 15) is 14.4 Å². The van der Waals surface area contributed by atoms with Gasteiger partial charge in [-0.05, 0) is 71.6 Å². The highest BCUT2D eigenvalue weighted by molar-refractivity contribution is 6.27. The number of aromatic nitrogens is 5. The maximum atomic E-state index is 16.1. The lowest BCUT2D eigenvalue weighted by atomic mass is 9.97. The molecule has 1 aromatic carbocycles. The summed E-state index contributed by atoms with van der Waals surface area (Å²) in [6, 6.07) is 7.09.